The van der Waals surface area contributed by atoms with Crippen LogP contribution in [-0.4, -0.2) is 69.0 Å². The van der Waals surface area contributed by atoms with Crippen molar-refractivity contribution in [3.05, 3.63) is 75.8 Å². The number of primary amides is 1. The van der Waals surface area contributed by atoms with E-state index in [9.17, 15) is 19.2 Å². The third-order valence-corrected chi connectivity index (χ3v) is 7.56. The van der Waals surface area contributed by atoms with Crippen molar-refractivity contribution in [2.75, 3.05) is 6.54 Å². The van der Waals surface area contributed by atoms with Crippen LogP contribution >= 0.6 is 23.2 Å². The fourth-order valence-electron chi connectivity index (χ4n) is 5.00. The van der Waals surface area contributed by atoms with Gasteiger partial charge in [0, 0.05) is 35.5 Å². The third-order valence-electron chi connectivity index (χ3n) is 7.13. The molecule has 3 atom stereocenters. The van der Waals surface area contributed by atoms with E-state index in [0.717, 1.165) is 5.56 Å². The zero-order chi connectivity index (χ0) is 35.4. The van der Waals surface area contributed by atoms with Crippen LogP contribution in [0.15, 0.2) is 53.5 Å². The Hall–Kier alpha value is -4.69. The molecule has 0 aliphatic rings. The van der Waals surface area contributed by atoms with Gasteiger partial charge in [0.05, 0.1) is 5.69 Å². The number of aryl methyl sites for hydroxylation is 1. The van der Waals surface area contributed by atoms with Crippen molar-refractivity contribution in [3.63, 3.8) is 0 Å². The molecule has 0 aliphatic heterocycles. The molecule has 16 heteroatoms. The summed E-state index contributed by atoms with van der Waals surface area (Å²) >= 11 is 12.3. The highest BCUT2D eigenvalue weighted by Crippen LogP contribution is 2.22. The first-order chi connectivity index (χ1) is 22.7. The van der Waals surface area contributed by atoms with E-state index in [-0.39, 0.29) is 43.5 Å². The second kappa shape index (κ2) is 18.0. The molecule has 0 bridgehead atoms. The number of rotatable bonds is 17. The Labute approximate surface area is 289 Å². The minimum absolute atomic E-state index is 0.101. The number of nitrogens with one attached hydrogen (secondary N) is 3. The number of nitrogens with two attached hydrogens (primary N) is 3. The van der Waals surface area contributed by atoms with Gasteiger partial charge in [-0.05, 0) is 55.9 Å². The van der Waals surface area contributed by atoms with Crippen molar-refractivity contribution < 1.29 is 19.2 Å². The van der Waals surface area contributed by atoms with E-state index in [2.05, 4.69) is 31.0 Å². The van der Waals surface area contributed by atoms with Crippen LogP contribution < -0.4 is 33.2 Å². The summed E-state index contributed by atoms with van der Waals surface area (Å²) in [5, 5.41) is 13.4. The van der Waals surface area contributed by atoms with Crippen LogP contribution in [0.4, 0.5) is 0 Å². The Morgan fingerprint density at radius 1 is 0.938 bits per heavy atom. The number of guanidine groups is 1. The van der Waals surface area contributed by atoms with E-state index < -0.39 is 41.8 Å². The van der Waals surface area contributed by atoms with E-state index in [1.54, 1.807) is 25.1 Å². The summed E-state index contributed by atoms with van der Waals surface area (Å²) in [7, 11) is 0. The Morgan fingerprint density at radius 2 is 1.60 bits per heavy atom. The Balaban J connectivity index is 1.76. The van der Waals surface area contributed by atoms with Crippen LogP contribution in [0.3, 0.4) is 0 Å². The van der Waals surface area contributed by atoms with Crippen molar-refractivity contribution >= 4 is 52.8 Å². The molecule has 0 fully saturated rings. The van der Waals surface area contributed by atoms with Gasteiger partial charge in [0.2, 0.25) is 23.5 Å². The quantitative estimate of drug-likeness (QED) is 0.0693. The molecule has 258 valence electrons. The average molecular weight is 702 g/mol. The van der Waals surface area contributed by atoms with Gasteiger partial charge >= 0.3 is 0 Å². The molecule has 1 aromatic heterocycles. The van der Waals surface area contributed by atoms with Gasteiger partial charge in [-0.25, -0.2) is 9.67 Å². The van der Waals surface area contributed by atoms with Gasteiger partial charge in [-0.2, -0.15) is 0 Å². The highest BCUT2D eigenvalue weighted by molar-refractivity contribution is 6.34. The van der Waals surface area contributed by atoms with Gasteiger partial charge in [0.25, 0.3) is 5.91 Å². The molecule has 14 nitrogen and oxygen atoms in total. The van der Waals surface area contributed by atoms with Gasteiger partial charge in [-0.15, -0.1) is 5.10 Å². The lowest BCUT2D eigenvalue weighted by Gasteiger charge is -2.25. The molecule has 0 saturated carbocycles. The standard InChI is InChI=1S/C32H42Cl2N10O4/c1-18(2)12-23(17-27(45)41-26(28(35)46)13-20-8-5-4-6-9-20)40-30(47)25(10-7-11-38-32(36)37)42-31(48)29-39-19(3)44(43-29)24-15-21(33)14-22(34)16-24/h4-6,8-9,14-16,18,23,25-26H,7,10-13,17H2,1-3H3,(H2,35,46)(H,40,47)(H,41,45)(H,42,48)(H4,36,37,38)/t23?,25-,26?/m0/s1. The monoisotopic (exact) mass is 700 g/mol. The first kappa shape index (κ1) is 37.8. The number of carbonyl (C=O) groups excluding carboxylic acids is 4. The number of aromatic nitrogens is 3. The Kier molecular flexibility index (Phi) is 14.2. The fraction of sp³-hybridized carbons (Fsp3) is 0.406. The van der Waals surface area contributed by atoms with Crippen LogP contribution in [0.2, 0.25) is 10.0 Å². The van der Waals surface area contributed by atoms with Gasteiger partial charge in [-0.3, -0.25) is 24.2 Å². The first-order valence-electron chi connectivity index (χ1n) is 15.4. The molecule has 2 unspecified atom stereocenters. The number of amides is 4. The minimum Gasteiger partial charge on any atom is -0.370 e. The molecule has 0 saturated heterocycles. The molecule has 3 aromatic rings. The molecule has 0 radical (unpaired) electrons. The van der Waals surface area contributed by atoms with E-state index in [4.69, 9.17) is 40.4 Å². The van der Waals surface area contributed by atoms with Gasteiger partial charge in [0.1, 0.15) is 17.9 Å². The second-order valence-corrected chi connectivity index (χ2v) is 12.6. The third kappa shape index (κ3) is 12.2. The van der Waals surface area contributed by atoms with Crippen molar-refractivity contribution in [1.29, 1.82) is 0 Å². The lowest BCUT2D eigenvalue weighted by atomic mass is 9.99. The minimum atomic E-state index is -1.05. The van der Waals surface area contributed by atoms with Crippen LogP contribution in [0.25, 0.3) is 5.69 Å². The van der Waals surface area contributed by atoms with Crippen molar-refractivity contribution in [2.24, 2.45) is 28.1 Å². The van der Waals surface area contributed by atoms with Crippen LogP contribution in [0, 0.1) is 12.8 Å². The van der Waals surface area contributed by atoms with Gasteiger partial charge < -0.3 is 33.2 Å². The number of benzene rings is 2. The van der Waals surface area contributed by atoms with Crippen molar-refractivity contribution in [1.82, 2.24) is 30.7 Å². The van der Waals surface area contributed by atoms with Crippen LogP contribution in [0.1, 0.15) is 61.5 Å². The molecule has 4 amide bonds. The summed E-state index contributed by atoms with van der Waals surface area (Å²) in [6.45, 7) is 5.77. The molecule has 2 aromatic carbocycles. The number of aliphatic imine (C=N–C) groups is 1. The topological polar surface area (TPSA) is 226 Å². The van der Waals surface area contributed by atoms with Gasteiger partial charge in [0.15, 0.2) is 5.96 Å². The smallest absolute Gasteiger partial charge is 0.291 e. The predicted octanol–water partition coefficient (Wildman–Crippen LogP) is 2.17. The first-order valence-corrected chi connectivity index (χ1v) is 16.2. The van der Waals surface area contributed by atoms with Crippen molar-refractivity contribution in [2.45, 2.75) is 71.0 Å². The Bertz CT molecular complexity index is 1590. The van der Waals surface area contributed by atoms with Crippen molar-refractivity contribution in [3.8, 4) is 5.69 Å². The largest absolute Gasteiger partial charge is 0.370 e. The van der Waals surface area contributed by atoms with E-state index in [1.807, 2.05) is 44.2 Å². The van der Waals surface area contributed by atoms with E-state index in [1.165, 1.54) is 4.68 Å². The summed E-state index contributed by atoms with van der Waals surface area (Å²) < 4.78 is 1.41. The highest BCUT2D eigenvalue weighted by Gasteiger charge is 2.28. The summed E-state index contributed by atoms with van der Waals surface area (Å²) in [5.41, 5.74) is 17.8. The van der Waals surface area contributed by atoms with E-state index >= 15 is 0 Å². The summed E-state index contributed by atoms with van der Waals surface area (Å²) in [4.78, 5) is 60.5. The summed E-state index contributed by atoms with van der Waals surface area (Å²) in [6, 6.07) is 11.4. The SMILES string of the molecule is Cc1nc(C(=O)N[C@@H](CCCN=C(N)N)C(=O)NC(CC(=O)NC(Cc2ccccc2)C(N)=O)CC(C)C)nn1-c1cc(Cl)cc(Cl)c1. The number of halogens is 2. The zero-order valence-corrected chi connectivity index (χ0v) is 28.6. The normalized spacial score (nSPS) is 12.9. The molecule has 1 heterocycles. The number of hydrogen-bond acceptors (Lipinski definition) is 7. The fourth-order valence-corrected chi connectivity index (χ4v) is 5.52. The zero-order valence-electron chi connectivity index (χ0n) is 27.1. The van der Waals surface area contributed by atoms with Crippen LogP contribution in [-0.2, 0) is 20.8 Å². The predicted molar refractivity (Wildman–Crippen MR) is 185 cm³/mol. The molecule has 9 N–H and O–H groups in total. The van der Waals surface area contributed by atoms with E-state index in [0.29, 0.717) is 34.4 Å². The molecule has 48 heavy (non-hydrogen) atoms. The molecule has 0 aliphatic carbocycles. The Morgan fingerprint density at radius 3 is 2.21 bits per heavy atom. The average Bonchev–Trinajstić information content (AvgIpc) is 3.39. The second-order valence-electron chi connectivity index (χ2n) is 11.7. The summed E-state index contributed by atoms with van der Waals surface area (Å²) in [6.07, 6.45) is 1.07. The molecular formula is C32H42Cl2N10O4. The maximum atomic E-state index is 13.7. The summed E-state index contributed by atoms with van der Waals surface area (Å²) in [5.74, 6) is -2.15. The highest BCUT2D eigenvalue weighted by atomic mass is 35.5. The maximum Gasteiger partial charge on any atom is 0.291 e. The molecular weight excluding hydrogens is 659 g/mol. The number of nitrogens with zero attached hydrogens (tertiary/aromatic N) is 4. The van der Waals surface area contributed by atoms with Gasteiger partial charge in [-0.1, -0.05) is 67.4 Å². The van der Waals surface area contributed by atoms with Crippen LogP contribution in [0.5, 0.6) is 0 Å². The lowest BCUT2D eigenvalue weighted by molar-refractivity contribution is -0.128. The number of hydrogen-bond donors (Lipinski definition) is 6. The number of carbonyl (C=O) groups is 4. The maximum absolute atomic E-state index is 13.7. The molecule has 3 rings (SSSR count). The lowest BCUT2D eigenvalue weighted by Crippen LogP contribution is -2.52. The molecule has 0 spiro atoms.